The molecule has 0 aliphatic carbocycles. The van der Waals surface area contributed by atoms with Crippen LogP contribution in [0.1, 0.15) is 33.1 Å². The summed E-state index contributed by atoms with van der Waals surface area (Å²) in [5.74, 6) is 2.15. The molecule has 0 aliphatic heterocycles. The van der Waals surface area contributed by atoms with Gasteiger partial charge in [0.25, 0.3) is 0 Å². The van der Waals surface area contributed by atoms with Crippen LogP contribution in [0.5, 0.6) is 0 Å². The van der Waals surface area contributed by atoms with Gasteiger partial charge in [0.05, 0.1) is 0 Å². The molecular weight excluding hydrogens is 224 g/mol. The molecule has 98 valence electrons. The van der Waals surface area contributed by atoms with Gasteiger partial charge < -0.3 is 9.73 Å². The molecule has 0 aliphatic rings. The van der Waals surface area contributed by atoms with Gasteiger partial charge in [-0.3, -0.25) is 0 Å². The Labute approximate surface area is 109 Å². The van der Waals surface area contributed by atoms with Crippen LogP contribution in [0.2, 0.25) is 0 Å². The zero-order chi connectivity index (χ0) is 13.1. The van der Waals surface area contributed by atoms with Gasteiger partial charge in [0, 0.05) is 19.2 Å². The highest BCUT2D eigenvalue weighted by molar-refractivity contribution is 5.77. The third kappa shape index (κ3) is 3.25. The Morgan fingerprint density at radius 1 is 1.28 bits per heavy atom. The lowest BCUT2D eigenvalue weighted by Gasteiger charge is -2.15. The number of anilines is 1. The highest BCUT2D eigenvalue weighted by atomic mass is 16.3. The lowest BCUT2D eigenvalue weighted by molar-refractivity contribution is 0.455. The Hall–Kier alpha value is -1.51. The zero-order valence-electron chi connectivity index (χ0n) is 11.7. The Bertz CT molecular complexity index is 516. The molecule has 3 nitrogen and oxygen atoms in total. The van der Waals surface area contributed by atoms with Gasteiger partial charge in [0.15, 0.2) is 11.5 Å². The first kappa shape index (κ1) is 12.9. The second-order valence-corrected chi connectivity index (χ2v) is 5.53. The highest BCUT2D eigenvalue weighted by Crippen LogP contribution is 2.20. The van der Waals surface area contributed by atoms with E-state index in [1.165, 1.54) is 6.42 Å². The maximum atomic E-state index is 5.46. The van der Waals surface area contributed by atoms with Crippen molar-refractivity contribution in [2.24, 2.45) is 11.8 Å². The number of nitrogens with zero attached hydrogens (tertiary/aromatic N) is 1. The van der Waals surface area contributed by atoms with E-state index in [-0.39, 0.29) is 0 Å². The molecule has 0 saturated heterocycles. The van der Waals surface area contributed by atoms with Crippen LogP contribution in [0.4, 0.5) is 5.69 Å². The molecule has 2 rings (SSSR count). The van der Waals surface area contributed by atoms with Gasteiger partial charge >= 0.3 is 0 Å². The maximum Gasteiger partial charge on any atom is 0.192 e. The van der Waals surface area contributed by atoms with Crippen LogP contribution in [-0.2, 0) is 0 Å². The highest BCUT2D eigenvalue weighted by Gasteiger charge is 2.06. The van der Waals surface area contributed by atoms with Crippen molar-refractivity contribution in [2.75, 3.05) is 11.9 Å². The monoisotopic (exact) mass is 246 g/mol. The van der Waals surface area contributed by atoms with Crippen molar-refractivity contribution in [3.63, 3.8) is 0 Å². The number of rotatable bonds is 5. The predicted molar refractivity (Wildman–Crippen MR) is 75.9 cm³/mol. The van der Waals surface area contributed by atoms with Gasteiger partial charge in [-0.25, -0.2) is 4.98 Å². The first-order chi connectivity index (χ1) is 8.54. The zero-order valence-corrected chi connectivity index (χ0v) is 11.7. The summed E-state index contributed by atoms with van der Waals surface area (Å²) in [5, 5.41) is 3.47. The van der Waals surface area contributed by atoms with Gasteiger partial charge in [0.1, 0.15) is 5.52 Å². The Morgan fingerprint density at radius 2 is 2.06 bits per heavy atom. The Balaban J connectivity index is 1.99. The molecule has 0 spiro atoms. The first-order valence-electron chi connectivity index (χ1n) is 6.65. The number of fused-ring (bicyclic) bond motifs is 1. The first-order valence-corrected chi connectivity index (χ1v) is 6.65. The van der Waals surface area contributed by atoms with Crippen molar-refractivity contribution in [3.8, 4) is 0 Å². The van der Waals surface area contributed by atoms with Gasteiger partial charge in [-0.05, 0) is 36.5 Å². The van der Waals surface area contributed by atoms with Crippen LogP contribution < -0.4 is 5.32 Å². The summed E-state index contributed by atoms with van der Waals surface area (Å²) in [6.45, 7) is 9.69. The van der Waals surface area contributed by atoms with Crippen LogP contribution in [0.15, 0.2) is 22.6 Å². The molecular formula is C15H22N2O. The molecule has 0 saturated carbocycles. The normalized spacial score (nSPS) is 13.2. The summed E-state index contributed by atoms with van der Waals surface area (Å²) in [6, 6.07) is 6.08. The van der Waals surface area contributed by atoms with Crippen molar-refractivity contribution >= 4 is 16.8 Å². The van der Waals surface area contributed by atoms with Crippen molar-refractivity contribution in [3.05, 3.63) is 24.1 Å². The molecule has 3 heteroatoms. The fourth-order valence-electron chi connectivity index (χ4n) is 2.33. The van der Waals surface area contributed by atoms with Gasteiger partial charge in [-0.1, -0.05) is 20.8 Å². The number of hydrogen-bond acceptors (Lipinski definition) is 3. The molecule has 1 atom stereocenters. The van der Waals surface area contributed by atoms with Crippen LogP contribution in [0.3, 0.4) is 0 Å². The lowest BCUT2D eigenvalue weighted by Crippen LogP contribution is -2.13. The van der Waals surface area contributed by atoms with Gasteiger partial charge in [-0.15, -0.1) is 0 Å². The molecule has 1 unspecified atom stereocenters. The van der Waals surface area contributed by atoms with E-state index in [9.17, 15) is 0 Å². The third-order valence-electron chi connectivity index (χ3n) is 3.02. The predicted octanol–water partition coefficient (Wildman–Crippen LogP) is 4.23. The number of aromatic nitrogens is 1. The van der Waals surface area contributed by atoms with Gasteiger partial charge in [0.2, 0.25) is 0 Å². The number of aryl methyl sites for hydroxylation is 1. The number of hydrogen-bond donors (Lipinski definition) is 1. The smallest absolute Gasteiger partial charge is 0.192 e. The molecule has 1 heterocycles. The maximum absolute atomic E-state index is 5.46. The summed E-state index contributed by atoms with van der Waals surface area (Å²) < 4.78 is 5.46. The fraction of sp³-hybridized carbons (Fsp3) is 0.533. The largest absolute Gasteiger partial charge is 0.441 e. The lowest BCUT2D eigenvalue weighted by atomic mass is 9.99. The fourth-order valence-corrected chi connectivity index (χ4v) is 2.33. The van der Waals surface area contributed by atoms with E-state index in [1.54, 1.807) is 0 Å². The van der Waals surface area contributed by atoms with Crippen molar-refractivity contribution in [2.45, 2.75) is 34.1 Å². The van der Waals surface area contributed by atoms with E-state index in [0.717, 1.165) is 35.1 Å². The molecule has 0 radical (unpaired) electrons. The Kier molecular flexibility index (Phi) is 3.90. The minimum atomic E-state index is 0.680. The average Bonchev–Trinajstić information content (AvgIpc) is 2.64. The SMILES string of the molecule is Cc1nc2cc(NCC(C)CC(C)C)ccc2o1. The summed E-state index contributed by atoms with van der Waals surface area (Å²) >= 11 is 0. The summed E-state index contributed by atoms with van der Waals surface area (Å²) in [7, 11) is 0. The Morgan fingerprint density at radius 3 is 2.78 bits per heavy atom. The third-order valence-corrected chi connectivity index (χ3v) is 3.02. The van der Waals surface area contributed by atoms with Crippen LogP contribution >= 0.6 is 0 Å². The number of benzene rings is 1. The van der Waals surface area contributed by atoms with Crippen LogP contribution in [0.25, 0.3) is 11.1 Å². The van der Waals surface area contributed by atoms with Crippen LogP contribution in [-0.4, -0.2) is 11.5 Å². The second-order valence-electron chi connectivity index (χ2n) is 5.53. The molecule has 1 aromatic heterocycles. The molecule has 2 aromatic rings. The molecule has 1 aromatic carbocycles. The topological polar surface area (TPSA) is 38.1 Å². The van der Waals surface area contributed by atoms with E-state index in [2.05, 4.69) is 37.1 Å². The van der Waals surface area contributed by atoms with Crippen LogP contribution in [0, 0.1) is 18.8 Å². The van der Waals surface area contributed by atoms with Crippen molar-refractivity contribution in [1.82, 2.24) is 4.98 Å². The van der Waals surface area contributed by atoms with E-state index in [1.807, 2.05) is 19.1 Å². The van der Waals surface area contributed by atoms with E-state index in [4.69, 9.17) is 4.42 Å². The second kappa shape index (κ2) is 5.42. The summed E-state index contributed by atoms with van der Waals surface area (Å²) in [4.78, 5) is 4.34. The quantitative estimate of drug-likeness (QED) is 0.858. The van der Waals surface area contributed by atoms with Gasteiger partial charge in [-0.2, -0.15) is 0 Å². The van der Waals surface area contributed by atoms with E-state index < -0.39 is 0 Å². The number of oxazole rings is 1. The standard InChI is InChI=1S/C15H22N2O/c1-10(2)7-11(3)9-16-13-5-6-15-14(8-13)17-12(4)18-15/h5-6,8,10-11,16H,7,9H2,1-4H3. The molecule has 1 N–H and O–H groups in total. The average molecular weight is 246 g/mol. The molecule has 0 amide bonds. The van der Waals surface area contributed by atoms with E-state index >= 15 is 0 Å². The van der Waals surface area contributed by atoms with Crippen molar-refractivity contribution < 1.29 is 4.42 Å². The minimum absolute atomic E-state index is 0.680. The van der Waals surface area contributed by atoms with E-state index in [0.29, 0.717) is 5.92 Å². The van der Waals surface area contributed by atoms with Crippen molar-refractivity contribution in [1.29, 1.82) is 0 Å². The minimum Gasteiger partial charge on any atom is -0.441 e. The summed E-state index contributed by atoms with van der Waals surface area (Å²) in [6.07, 6.45) is 1.25. The summed E-state index contributed by atoms with van der Waals surface area (Å²) in [5.41, 5.74) is 2.90. The molecule has 0 bridgehead atoms. The number of nitrogens with one attached hydrogen (secondary N) is 1. The molecule has 18 heavy (non-hydrogen) atoms. The molecule has 0 fully saturated rings.